The van der Waals surface area contributed by atoms with Gasteiger partial charge in [0.2, 0.25) is 21.8 Å². The maximum atomic E-state index is 12.8. The van der Waals surface area contributed by atoms with Crippen LogP contribution in [0.15, 0.2) is 53.4 Å². The SMILES string of the molecule is CN(C(=O)C1CCN(S(=O)(=O)c2ccc(Cl)cc2)CC1)c1ccc(C(N)=O)cc1. The molecule has 1 aliphatic heterocycles. The van der Waals surface area contributed by atoms with Crippen LogP contribution in [0, 0.1) is 5.92 Å². The topological polar surface area (TPSA) is 101 Å². The van der Waals surface area contributed by atoms with Gasteiger partial charge in [0.1, 0.15) is 0 Å². The summed E-state index contributed by atoms with van der Waals surface area (Å²) in [7, 11) is -1.94. The number of rotatable bonds is 5. The molecule has 1 aliphatic rings. The quantitative estimate of drug-likeness (QED) is 0.779. The number of amides is 2. The maximum Gasteiger partial charge on any atom is 0.248 e. The lowest BCUT2D eigenvalue weighted by Gasteiger charge is -2.32. The molecule has 9 heteroatoms. The van der Waals surface area contributed by atoms with E-state index in [1.165, 1.54) is 21.3 Å². The number of hydrogen-bond acceptors (Lipinski definition) is 4. The molecule has 1 fully saturated rings. The van der Waals surface area contributed by atoms with Gasteiger partial charge in [-0.1, -0.05) is 11.6 Å². The van der Waals surface area contributed by atoms with Crippen LogP contribution < -0.4 is 10.6 Å². The minimum Gasteiger partial charge on any atom is -0.366 e. The zero-order valence-corrected chi connectivity index (χ0v) is 17.5. The number of anilines is 1. The van der Waals surface area contributed by atoms with Crippen LogP contribution in [0.3, 0.4) is 0 Å². The number of primary amides is 1. The zero-order chi connectivity index (χ0) is 21.2. The number of carbonyl (C=O) groups excluding carboxylic acids is 2. The van der Waals surface area contributed by atoms with Gasteiger partial charge in [0.15, 0.2) is 0 Å². The van der Waals surface area contributed by atoms with E-state index in [1.54, 1.807) is 43.4 Å². The lowest BCUT2D eigenvalue weighted by molar-refractivity contribution is -0.123. The molecule has 0 radical (unpaired) electrons. The fourth-order valence-corrected chi connectivity index (χ4v) is 4.94. The molecule has 2 aromatic rings. The number of benzene rings is 2. The van der Waals surface area contributed by atoms with Gasteiger partial charge >= 0.3 is 0 Å². The van der Waals surface area contributed by atoms with Crippen molar-refractivity contribution in [1.29, 1.82) is 0 Å². The second-order valence-electron chi connectivity index (χ2n) is 6.94. The molecule has 0 bridgehead atoms. The average Bonchev–Trinajstić information content (AvgIpc) is 2.73. The molecular weight excluding hydrogens is 414 g/mol. The van der Waals surface area contributed by atoms with Crippen molar-refractivity contribution in [1.82, 2.24) is 4.31 Å². The lowest BCUT2D eigenvalue weighted by Crippen LogP contribution is -2.43. The number of nitrogens with two attached hydrogens (primary N) is 1. The van der Waals surface area contributed by atoms with E-state index in [-0.39, 0.29) is 29.8 Å². The van der Waals surface area contributed by atoms with E-state index in [9.17, 15) is 18.0 Å². The second-order valence-corrected chi connectivity index (χ2v) is 9.32. The second kappa shape index (κ2) is 8.52. The van der Waals surface area contributed by atoms with Crippen LogP contribution in [0.5, 0.6) is 0 Å². The highest BCUT2D eigenvalue weighted by atomic mass is 35.5. The molecule has 0 aromatic heterocycles. The van der Waals surface area contributed by atoms with E-state index < -0.39 is 15.9 Å². The molecule has 2 N–H and O–H groups in total. The summed E-state index contributed by atoms with van der Waals surface area (Å²) in [4.78, 5) is 25.7. The van der Waals surface area contributed by atoms with Crippen LogP contribution >= 0.6 is 11.6 Å². The first-order valence-electron chi connectivity index (χ1n) is 9.13. The summed E-state index contributed by atoms with van der Waals surface area (Å²) >= 11 is 5.83. The fourth-order valence-electron chi connectivity index (χ4n) is 3.35. The van der Waals surface area contributed by atoms with E-state index in [0.717, 1.165) is 0 Å². The van der Waals surface area contributed by atoms with Crippen molar-refractivity contribution in [2.75, 3.05) is 25.0 Å². The number of piperidine rings is 1. The number of nitrogens with zero attached hydrogens (tertiary/aromatic N) is 2. The summed E-state index contributed by atoms with van der Waals surface area (Å²) in [6.07, 6.45) is 0.880. The number of hydrogen-bond donors (Lipinski definition) is 1. The van der Waals surface area contributed by atoms with Gasteiger partial charge in [0.25, 0.3) is 0 Å². The Morgan fingerprint density at radius 3 is 2.10 bits per heavy atom. The summed E-state index contributed by atoms with van der Waals surface area (Å²) in [5, 5.41) is 0.472. The molecule has 0 spiro atoms. The predicted molar refractivity (Wildman–Crippen MR) is 111 cm³/mol. The Labute approximate surface area is 175 Å². The van der Waals surface area contributed by atoms with Crippen molar-refractivity contribution in [2.24, 2.45) is 11.7 Å². The standard InChI is InChI=1S/C20H22ClN3O4S/c1-23(17-6-2-14(3-7-17)19(22)25)20(26)15-10-12-24(13-11-15)29(27,28)18-8-4-16(21)5-9-18/h2-9,15H,10-13H2,1H3,(H2,22,25). The van der Waals surface area contributed by atoms with Gasteiger partial charge in [-0.25, -0.2) is 8.42 Å². The minimum absolute atomic E-state index is 0.0830. The zero-order valence-electron chi connectivity index (χ0n) is 15.9. The highest BCUT2D eigenvalue weighted by Gasteiger charge is 2.33. The Morgan fingerprint density at radius 1 is 1.03 bits per heavy atom. The molecule has 0 aliphatic carbocycles. The Balaban J connectivity index is 1.64. The summed E-state index contributed by atoms with van der Waals surface area (Å²) < 4.78 is 26.9. The Hall–Kier alpha value is -2.42. The third-order valence-electron chi connectivity index (χ3n) is 5.12. The van der Waals surface area contributed by atoms with Crippen molar-refractivity contribution in [3.8, 4) is 0 Å². The highest BCUT2D eigenvalue weighted by molar-refractivity contribution is 7.89. The van der Waals surface area contributed by atoms with Crippen molar-refractivity contribution in [2.45, 2.75) is 17.7 Å². The molecule has 29 heavy (non-hydrogen) atoms. The Kier molecular flexibility index (Phi) is 6.26. The third kappa shape index (κ3) is 4.60. The maximum absolute atomic E-state index is 12.8. The predicted octanol–water partition coefficient (Wildman–Crippen LogP) is 2.50. The van der Waals surface area contributed by atoms with Gasteiger partial charge in [0.05, 0.1) is 4.90 Å². The summed E-state index contributed by atoms with van der Waals surface area (Å²) in [6, 6.07) is 12.5. The summed E-state index contributed by atoms with van der Waals surface area (Å²) in [5.41, 5.74) is 6.25. The molecule has 7 nitrogen and oxygen atoms in total. The molecule has 0 saturated carbocycles. The highest BCUT2D eigenvalue weighted by Crippen LogP contribution is 2.27. The molecule has 1 heterocycles. The van der Waals surface area contributed by atoms with Gasteiger partial charge < -0.3 is 10.6 Å². The number of sulfonamides is 1. The van der Waals surface area contributed by atoms with Crippen LogP contribution in [0.25, 0.3) is 0 Å². The van der Waals surface area contributed by atoms with Crippen molar-refractivity contribution in [3.63, 3.8) is 0 Å². The molecule has 1 saturated heterocycles. The minimum atomic E-state index is -3.61. The normalized spacial score (nSPS) is 15.8. The van der Waals surface area contributed by atoms with E-state index in [1.807, 2.05) is 0 Å². The first-order chi connectivity index (χ1) is 13.7. The monoisotopic (exact) mass is 435 g/mol. The molecule has 0 atom stereocenters. The summed E-state index contributed by atoms with van der Waals surface area (Å²) in [5.74, 6) is -0.882. The van der Waals surface area contributed by atoms with Crippen molar-refractivity contribution in [3.05, 3.63) is 59.1 Å². The first-order valence-corrected chi connectivity index (χ1v) is 10.9. The molecule has 0 unspecified atom stereocenters. The van der Waals surface area contributed by atoms with Crippen LogP contribution in [0.1, 0.15) is 23.2 Å². The smallest absolute Gasteiger partial charge is 0.248 e. The number of carbonyl (C=O) groups is 2. The van der Waals surface area contributed by atoms with E-state index in [2.05, 4.69) is 0 Å². The Bertz CT molecular complexity index is 999. The van der Waals surface area contributed by atoms with Crippen molar-refractivity contribution < 1.29 is 18.0 Å². The fraction of sp³-hybridized carbons (Fsp3) is 0.300. The van der Waals surface area contributed by atoms with E-state index in [4.69, 9.17) is 17.3 Å². The Morgan fingerprint density at radius 2 is 1.59 bits per heavy atom. The summed E-state index contributed by atoms with van der Waals surface area (Å²) in [6.45, 7) is 0.547. The largest absolute Gasteiger partial charge is 0.366 e. The number of halogens is 1. The third-order valence-corrected chi connectivity index (χ3v) is 7.29. The van der Waals surface area contributed by atoms with Gasteiger partial charge in [-0.05, 0) is 61.4 Å². The first kappa shape index (κ1) is 21.3. The van der Waals surface area contributed by atoms with Gasteiger partial charge in [-0.2, -0.15) is 4.31 Å². The van der Waals surface area contributed by atoms with Crippen molar-refractivity contribution >= 4 is 39.1 Å². The molecule has 3 rings (SSSR count). The van der Waals surface area contributed by atoms with Crippen LogP contribution in [-0.4, -0.2) is 44.7 Å². The van der Waals surface area contributed by atoms with Crippen LogP contribution in [0.4, 0.5) is 5.69 Å². The van der Waals surface area contributed by atoms with Crippen LogP contribution in [0.2, 0.25) is 5.02 Å². The van der Waals surface area contributed by atoms with E-state index >= 15 is 0 Å². The van der Waals surface area contributed by atoms with Gasteiger partial charge in [-0.15, -0.1) is 0 Å². The van der Waals surface area contributed by atoms with Gasteiger partial charge in [0, 0.05) is 42.3 Å². The molecule has 2 amide bonds. The molecular formula is C20H22ClN3O4S. The van der Waals surface area contributed by atoms with E-state index in [0.29, 0.717) is 29.1 Å². The van der Waals surface area contributed by atoms with Gasteiger partial charge in [-0.3, -0.25) is 9.59 Å². The molecule has 2 aromatic carbocycles. The average molecular weight is 436 g/mol. The lowest BCUT2D eigenvalue weighted by atomic mass is 9.96. The molecule has 154 valence electrons. The van der Waals surface area contributed by atoms with Crippen LogP contribution in [-0.2, 0) is 14.8 Å².